The van der Waals surface area contributed by atoms with Crippen LogP contribution in [0.25, 0.3) is 0 Å². The van der Waals surface area contributed by atoms with Crippen molar-refractivity contribution < 1.29 is 13.5 Å². The topological polar surface area (TPSA) is 21.6 Å². The smallest absolute Gasteiger partial charge is 0.273 e. The van der Waals surface area contributed by atoms with Crippen LogP contribution in [0.3, 0.4) is 0 Å². The molecule has 0 saturated carbocycles. The van der Waals surface area contributed by atoms with Crippen molar-refractivity contribution in [2.45, 2.75) is 6.04 Å². The van der Waals surface area contributed by atoms with Gasteiger partial charge in [0.2, 0.25) is 0 Å². The molecule has 14 heavy (non-hydrogen) atoms. The Kier molecular flexibility index (Phi) is 2.50. The number of aliphatic imine (C=N–C) groups is 1. The van der Waals surface area contributed by atoms with Crippen LogP contribution in [-0.2, 0) is 4.74 Å². The molecule has 0 saturated heterocycles. The SMILES string of the molecule is Fc1ccc(C2CO[C]=N2)c(F)c1Br. The molecule has 1 atom stereocenters. The van der Waals surface area contributed by atoms with E-state index in [4.69, 9.17) is 4.74 Å². The van der Waals surface area contributed by atoms with E-state index in [1.165, 1.54) is 12.1 Å². The average Bonchev–Trinajstić information content (AvgIpc) is 2.67. The van der Waals surface area contributed by atoms with Crippen molar-refractivity contribution >= 4 is 22.3 Å². The molecule has 0 N–H and O–H groups in total. The first kappa shape index (κ1) is 9.58. The van der Waals surface area contributed by atoms with Crippen LogP contribution >= 0.6 is 15.9 Å². The Labute approximate surface area is 87.7 Å². The maximum absolute atomic E-state index is 13.5. The fraction of sp³-hybridized carbons (Fsp3) is 0.222. The number of nitrogens with zero attached hydrogens (tertiary/aromatic N) is 1. The fourth-order valence-electron chi connectivity index (χ4n) is 1.21. The van der Waals surface area contributed by atoms with E-state index < -0.39 is 17.7 Å². The summed E-state index contributed by atoms with van der Waals surface area (Å²) in [4.78, 5) is 3.78. The lowest BCUT2D eigenvalue weighted by atomic mass is 10.1. The van der Waals surface area contributed by atoms with E-state index in [-0.39, 0.29) is 11.1 Å². The average molecular weight is 261 g/mol. The minimum Gasteiger partial charge on any atom is -0.471 e. The van der Waals surface area contributed by atoms with Gasteiger partial charge in [-0.25, -0.2) is 13.8 Å². The molecule has 1 unspecified atom stereocenters. The Morgan fingerprint density at radius 3 is 2.93 bits per heavy atom. The molecule has 0 amide bonds. The van der Waals surface area contributed by atoms with Crippen LogP contribution in [-0.4, -0.2) is 13.0 Å². The third kappa shape index (κ3) is 1.52. The number of ether oxygens (including phenoxy) is 1. The first-order valence-electron chi connectivity index (χ1n) is 3.90. The van der Waals surface area contributed by atoms with Gasteiger partial charge in [-0.05, 0) is 22.0 Å². The molecule has 73 valence electrons. The van der Waals surface area contributed by atoms with E-state index in [0.29, 0.717) is 5.56 Å². The van der Waals surface area contributed by atoms with Crippen molar-refractivity contribution in [1.29, 1.82) is 0 Å². The van der Waals surface area contributed by atoms with Gasteiger partial charge in [0.15, 0.2) is 0 Å². The lowest BCUT2D eigenvalue weighted by molar-refractivity contribution is 0.327. The maximum atomic E-state index is 13.5. The van der Waals surface area contributed by atoms with Gasteiger partial charge in [0.05, 0.1) is 4.47 Å². The van der Waals surface area contributed by atoms with Crippen molar-refractivity contribution in [3.63, 3.8) is 0 Å². The zero-order chi connectivity index (χ0) is 10.1. The molecule has 0 aromatic heterocycles. The van der Waals surface area contributed by atoms with Crippen LogP contribution in [0.5, 0.6) is 0 Å². The summed E-state index contributed by atoms with van der Waals surface area (Å²) in [5.74, 6) is -1.26. The van der Waals surface area contributed by atoms with Crippen LogP contribution in [0, 0.1) is 11.6 Å². The molecular weight excluding hydrogens is 256 g/mol. The molecule has 1 aliphatic rings. The van der Waals surface area contributed by atoms with Crippen LogP contribution in [0.15, 0.2) is 21.6 Å². The van der Waals surface area contributed by atoms with E-state index in [2.05, 4.69) is 27.3 Å². The summed E-state index contributed by atoms with van der Waals surface area (Å²) in [5.41, 5.74) is 0.309. The predicted molar refractivity (Wildman–Crippen MR) is 50.2 cm³/mol. The predicted octanol–water partition coefficient (Wildman–Crippen LogP) is 2.70. The molecule has 1 heterocycles. The lowest BCUT2D eigenvalue weighted by Gasteiger charge is -2.08. The number of benzene rings is 1. The molecular formula is C9H5BrF2NO. The van der Waals surface area contributed by atoms with Gasteiger partial charge in [-0.3, -0.25) is 0 Å². The Bertz CT molecular complexity index is 395. The highest BCUT2D eigenvalue weighted by molar-refractivity contribution is 9.10. The highest BCUT2D eigenvalue weighted by Gasteiger charge is 2.21. The Hall–Kier alpha value is -0.970. The molecule has 1 aliphatic heterocycles. The second kappa shape index (κ2) is 3.65. The highest BCUT2D eigenvalue weighted by atomic mass is 79.9. The quantitative estimate of drug-likeness (QED) is 0.712. The minimum absolute atomic E-state index is 0.169. The van der Waals surface area contributed by atoms with Gasteiger partial charge in [-0.15, -0.1) is 0 Å². The molecule has 2 rings (SSSR count). The molecule has 0 fully saturated rings. The van der Waals surface area contributed by atoms with Crippen molar-refractivity contribution in [2.24, 2.45) is 4.99 Å². The number of rotatable bonds is 1. The molecule has 5 heteroatoms. The van der Waals surface area contributed by atoms with Gasteiger partial charge >= 0.3 is 0 Å². The van der Waals surface area contributed by atoms with Gasteiger partial charge in [-0.2, -0.15) is 0 Å². The number of hydrogen-bond donors (Lipinski definition) is 0. The van der Waals surface area contributed by atoms with E-state index in [1.807, 2.05) is 0 Å². The largest absolute Gasteiger partial charge is 0.471 e. The highest BCUT2D eigenvalue weighted by Crippen LogP contribution is 2.29. The third-order valence-electron chi connectivity index (χ3n) is 1.94. The maximum Gasteiger partial charge on any atom is 0.273 e. The monoisotopic (exact) mass is 260 g/mol. The molecule has 1 aromatic rings. The van der Waals surface area contributed by atoms with E-state index in [0.717, 1.165) is 0 Å². The number of halogens is 3. The van der Waals surface area contributed by atoms with Gasteiger partial charge in [0.25, 0.3) is 6.40 Å². The van der Waals surface area contributed by atoms with E-state index in [9.17, 15) is 8.78 Å². The molecule has 1 radical (unpaired) electrons. The van der Waals surface area contributed by atoms with Crippen molar-refractivity contribution in [1.82, 2.24) is 0 Å². The summed E-state index contributed by atoms with van der Waals surface area (Å²) in [5, 5.41) is 0. The zero-order valence-electron chi connectivity index (χ0n) is 6.93. The molecule has 0 bridgehead atoms. The van der Waals surface area contributed by atoms with Crippen LogP contribution in [0.4, 0.5) is 8.78 Å². The second-order valence-corrected chi connectivity index (χ2v) is 3.60. The van der Waals surface area contributed by atoms with Gasteiger partial charge in [-0.1, -0.05) is 6.07 Å². The molecule has 1 aromatic carbocycles. The first-order chi connectivity index (χ1) is 6.70. The first-order valence-corrected chi connectivity index (χ1v) is 4.69. The normalized spacial score (nSPS) is 19.8. The third-order valence-corrected chi connectivity index (χ3v) is 2.67. The molecule has 0 aliphatic carbocycles. The molecule has 0 spiro atoms. The Morgan fingerprint density at radius 2 is 2.29 bits per heavy atom. The molecule has 2 nitrogen and oxygen atoms in total. The van der Waals surface area contributed by atoms with Crippen LogP contribution in [0.2, 0.25) is 0 Å². The van der Waals surface area contributed by atoms with Crippen molar-refractivity contribution in [3.8, 4) is 0 Å². The van der Waals surface area contributed by atoms with Crippen LogP contribution in [0.1, 0.15) is 11.6 Å². The summed E-state index contributed by atoms with van der Waals surface area (Å²) in [6.07, 6.45) is 2.28. The van der Waals surface area contributed by atoms with E-state index >= 15 is 0 Å². The van der Waals surface area contributed by atoms with Crippen LogP contribution < -0.4 is 0 Å². The van der Waals surface area contributed by atoms with Crippen molar-refractivity contribution in [3.05, 3.63) is 33.8 Å². The summed E-state index contributed by atoms with van der Waals surface area (Å²) in [7, 11) is 0. The second-order valence-electron chi connectivity index (χ2n) is 2.81. The zero-order valence-corrected chi connectivity index (χ0v) is 8.51. The van der Waals surface area contributed by atoms with Gasteiger partial charge in [0, 0.05) is 5.56 Å². The summed E-state index contributed by atoms with van der Waals surface area (Å²) < 4.78 is 30.9. The van der Waals surface area contributed by atoms with Gasteiger partial charge < -0.3 is 4.74 Å². The fourth-order valence-corrected chi connectivity index (χ4v) is 1.57. The van der Waals surface area contributed by atoms with E-state index in [1.54, 1.807) is 0 Å². The summed E-state index contributed by atoms with van der Waals surface area (Å²) >= 11 is 2.82. The summed E-state index contributed by atoms with van der Waals surface area (Å²) in [6, 6.07) is 2.13. The Balaban J connectivity index is 2.43. The summed E-state index contributed by atoms with van der Waals surface area (Å²) in [6.45, 7) is 0.245. The standard InChI is InChI=1S/C9H5BrF2NO/c10-8-6(11)2-1-5(9(8)12)7-3-14-4-13-7/h1-2,7H,3H2. The minimum atomic E-state index is -0.633. The Morgan fingerprint density at radius 1 is 1.50 bits per heavy atom. The van der Waals surface area contributed by atoms with Crippen molar-refractivity contribution in [2.75, 3.05) is 6.61 Å². The van der Waals surface area contributed by atoms with Gasteiger partial charge in [0.1, 0.15) is 24.3 Å². The number of hydrogen-bond acceptors (Lipinski definition) is 2. The lowest BCUT2D eigenvalue weighted by Crippen LogP contribution is -2.02.